The van der Waals surface area contributed by atoms with Crippen LogP contribution in [-0.2, 0) is 14.3 Å². The molecule has 1 aliphatic heterocycles. The topological polar surface area (TPSA) is 35.5 Å². The third-order valence-corrected chi connectivity index (χ3v) is 8.92. The monoisotopic (exact) mass is 468 g/mol. The largest absolute Gasteiger partial charge is 0.438 e. The zero-order chi connectivity index (χ0) is 23.2. The molecule has 0 spiro atoms. The number of carbonyl (C=O) groups excluding carboxylic acids is 1. The van der Waals surface area contributed by atoms with Crippen LogP contribution in [0.15, 0.2) is 0 Å². The fourth-order valence-corrected chi connectivity index (χ4v) is 6.12. The van der Waals surface area contributed by atoms with Crippen LogP contribution in [0.3, 0.4) is 0 Å². The van der Waals surface area contributed by atoms with Crippen molar-refractivity contribution in [2.75, 3.05) is 6.61 Å². The van der Waals surface area contributed by atoms with Gasteiger partial charge in [0.15, 0.2) is 5.41 Å². The Hall–Kier alpha value is -0.353. The minimum Gasteiger partial charge on any atom is -0.438 e. The van der Waals surface area contributed by atoms with Crippen LogP contribution in [0, 0.1) is 0 Å². The van der Waals surface area contributed by atoms with Gasteiger partial charge in [0.25, 0.3) is 0 Å². The van der Waals surface area contributed by atoms with Gasteiger partial charge in [-0.1, -0.05) is 129 Å². The van der Waals surface area contributed by atoms with Crippen molar-refractivity contribution >= 4 is 15.5 Å². The molecular formula is C28H56O3Si. The summed E-state index contributed by atoms with van der Waals surface area (Å²) in [5.41, 5.74) is -0.483. The summed E-state index contributed by atoms with van der Waals surface area (Å²) in [5.74, 6) is -0.0341. The third kappa shape index (κ3) is 16.3. The summed E-state index contributed by atoms with van der Waals surface area (Å²) < 4.78 is 11.6. The predicted octanol–water partition coefficient (Wildman–Crippen LogP) is 8.42. The van der Waals surface area contributed by atoms with Gasteiger partial charge in [-0.2, -0.15) is 0 Å². The van der Waals surface area contributed by atoms with Gasteiger partial charge in [-0.3, -0.25) is 4.79 Å². The molecule has 1 saturated heterocycles. The minimum atomic E-state index is -0.506. The van der Waals surface area contributed by atoms with Gasteiger partial charge < -0.3 is 9.47 Å². The molecule has 1 rings (SSSR count). The molecule has 0 amide bonds. The third-order valence-electron chi connectivity index (χ3n) is 7.14. The average molecular weight is 469 g/mol. The van der Waals surface area contributed by atoms with Crippen molar-refractivity contribution in [2.45, 2.75) is 167 Å². The Kier molecular flexibility index (Phi) is 19.7. The summed E-state index contributed by atoms with van der Waals surface area (Å²) in [6.07, 6.45) is 29.9. The fraction of sp³-hybridized carbons (Fsp3) is 0.964. The van der Waals surface area contributed by atoms with Gasteiger partial charge in [0.05, 0.1) is 6.61 Å². The van der Waals surface area contributed by atoms with E-state index in [1.54, 1.807) is 0 Å². The lowest BCUT2D eigenvalue weighted by Gasteiger charge is -2.36. The molecule has 0 aromatic rings. The highest BCUT2D eigenvalue weighted by Gasteiger charge is 2.35. The quantitative estimate of drug-likeness (QED) is 0.0908. The number of carbonyl (C=O) groups is 1. The van der Waals surface area contributed by atoms with Crippen LogP contribution in [0.1, 0.15) is 155 Å². The first kappa shape index (κ1) is 29.7. The maximum absolute atomic E-state index is 12.2. The first-order valence-corrected chi connectivity index (χ1v) is 16.7. The highest BCUT2D eigenvalue weighted by molar-refractivity contribution is 6.37. The highest BCUT2D eigenvalue weighted by atomic mass is 28.2. The Morgan fingerprint density at radius 3 is 1.53 bits per heavy atom. The molecule has 1 heterocycles. The van der Waals surface area contributed by atoms with E-state index in [1.165, 1.54) is 109 Å². The van der Waals surface area contributed by atoms with Gasteiger partial charge >= 0.3 is 5.97 Å². The fourth-order valence-electron chi connectivity index (χ4n) is 4.86. The van der Waals surface area contributed by atoms with Crippen LogP contribution in [0.2, 0.25) is 6.55 Å². The zero-order valence-corrected chi connectivity index (χ0v) is 23.3. The van der Waals surface area contributed by atoms with Gasteiger partial charge in [-0.05, 0) is 19.3 Å². The van der Waals surface area contributed by atoms with Crippen molar-refractivity contribution in [2.24, 2.45) is 0 Å². The zero-order valence-electron chi connectivity index (χ0n) is 21.9. The van der Waals surface area contributed by atoms with E-state index in [-0.39, 0.29) is 5.97 Å². The lowest BCUT2D eigenvalue weighted by Crippen LogP contribution is -2.45. The molecule has 3 nitrogen and oxygen atoms in total. The Bertz CT molecular complexity index is 421. The van der Waals surface area contributed by atoms with E-state index in [9.17, 15) is 4.79 Å². The number of hydrogen-bond acceptors (Lipinski definition) is 3. The van der Waals surface area contributed by atoms with Gasteiger partial charge in [-0.15, -0.1) is 0 Å². The lowest BCUT2D eigenvalue weighted by molar-refractivity contribution is -0.207. The molecule has 32 heavy (non-hydrogen) atoms. The molecule has 0 bridgehead atoms. The number of esters is 1. The lowest BCUT2D eigenvalue weighted by atomic mass is 10.0. The molecule has 0 aromatic heterocycles. The predicted molar refractivity (Wildman–Crippen MR) is 141 cm³/mol. The second-order valence-corrected chi connectivity index (χ2v) is 11.9. The summed E-state index contributed by atoms with van der Waals surface area (Å²) >= 11 is 0. The molecular weight excluding hydrogens is 412 g/mol. The molecule has 1 unspecified atom stereocenters. The van der Waals surface area contributed by atoms with Crippen molar-refractivity contribution in [3.8, 4) is 0 Å². The van der Waals surface area contributed by atoms with Crippen molar-refractivity contribution < 1.29 is 14.3 Å². The van der Waals surface area contributed by atoms with Crippen LogP contribution >= 0.6 is 0 Å². The van der Waals surface area contributed by atoms with Crippen LogP contribution in [-0.4, -0.2) is 27.5 Å². The molecule has 1 aliphatic rings. The first-order valence-electron chi connectivity index (χ1n) is 14.6. The van der Waals surface area contributed by atoms with E-state index >= 15 is 0 Å². The van der Waals surface area contributed by atoms with Crippen molar-refractivity contribution in [3.05, 3.63) is 0 Å². The van der Waals surface area contributed by atoms with Gasteiger partial charge in [0.2, 0.25) is 0 Å². The second-order valence-electron chi connectivity index (χ2n) is 10.2. The molecule has 1 atom stereocenters. The maximum atomic E-state index is 12.2. The van der Waals surface area contributed by atoms with Gasteiger partial charge in [-0.25, -0.2) is 0 Å². The van der Waals surface area contributed by atoms with Gasteiger partial charge in [0.1, 0.15) is 9.52 Å². The van der Waals surface area contributed by atoms with Crippen molar-refractivity contribution in [1.82, 2.24) is 0 Å². The van der Waals surface area contributed by atoms with Gasteiger partial charge in [0, 0.05) is 12.8 Å². The van der Waals surface area contributed by atoms with Crippen molar-refractivity contribution in [3.63, 3.8) is 0 Å². The minimum absolute atomic E-state index is 0.0341. The first-order chi connectivity index (χ1) is 15.7. The SMILES string of the molecule is CCCCCCCCCCCCCCCCCCCCCC(=O)OC1([SiH2]C)CCCCO1. The van der Waals surface area contributed by atoms with E-state index in [0.29, 0.717) is 6.42 Å². The summed E-state index contributed by atoms with van der Waals surface area (Å²) in [6, 6.07) is 0. The van der Waals surface area contributed by atoms with Crippen LogP contribution in [0.25, 0.3) is 0 Å². The number of unbranched alkanes of at least 4 members (excludes halogenated alkanes) is 18. The van der Waals surface area contributed by atoms with E-state index in [0.717, 1.165) is 38.7 Å². The van der Waals surface area contributed by atoms with Crippen LogP contribution in [0.4, 0.5) is 0 Å². The molecule has 1 fully saturated rings. The number of rotatable bonds is 22. The maximum Gasteiger partial charge on any atom is 0.307 e. The molecule has 0 aromatic carbocycles. The van der Waals surface area contributed by atoms with E-state index < -0.39 is 14.9 Å². The molecule has 0 saturated carbocycles. The van der Waals surface area contributed by atoms with Crippen LogP contribution in [0.5, 0.6) is 0 Å². The molecule has 0 aliphatic carbocycles. The normalized spacial score (nSPS) is 19.1. The Morgan fingerprint density at radius 2 is 1.16 bits per heavy atom. The number of ether oxygens (including phenoxy) is 2. The van der Waals surface area contributed by atoms with Crippen LogP contribution < -0.4 is 0 Å². The van der Waals surface area contributed by atoms with E-state index in [2.05, 4.69) is 13.5 Å². The molecule has 0 radical (unpaired) electrons. The second kappa shape index (κ2) is 21.2. The smallest absolute Gasteiger partial charge is 0.307 e. The molecule has 0 N–H and O–H groups in total. The van der Waals surface area contributed by atoms with Crippen molar-refractivity contribution in [1.29, 1.82) is 0 Å². The summed E-state index contributed by atoms with van der Waals surface area (Å²) in [7, 11) is -0.506. The Balaban J connectivity index is 1.78. The number of hydrogen-bond donors (Lipinski definition) is 0. The molecule has 190 valence electrons. The standard InChI is InChI=1S/C28H56O3Si/c1-3-4-5-6-7-8-9-10-11-12-13-14-15-16-17-18-19-20-21-24-27(29)31-28(32-2)25-22-23-26-30-28/h3-26,32H2,1-2H3. The average Bonchev–Trinajstić information content (AvgIpc) is 2.81. The Morgan fingerprint density at radius 1 is 0.719 bits per heavy atom. The summed E-state index contributed by atoms with van der Waals surface area (Å²) in [6.45, 7) is 5.24. The Labute approximate surface area is 203 Å². The molecule has 4 heteroatoms. The van der Waals surface area contributed by atoms with E-state index in [1.807, 2.05) is 0 Å². The summed E-state index contributed by atoms with van der Waals surface area (Å²) in [4.78, 5) is 12.2. The van der Waals surface area contributed by atoms with E-state index in [4.69, 9.17) is 9.47 Å². The highest BCUT2D eigenvalue weighted by Crippen LogP contribution is 2.26. The summed E-state index contributed by atoms with van der Waals surface area (Å²) in [5, 5.41) is 0.